The van der Waals surface area contributed by atoms with Gasteiger partial charge in [-0.15, -0.1) is 0 Å². The first-order valence-corrected chi connectivity index (χ1v) is 12.3. The Morgan fingerprint density at radius 2 is 2.14 bits per heavy atom. The number of Topliss-reactive ketones (excluding diaryl/α,β-unsaturated/α-hetero) is 1. The number of hydrogen-bond donors (Lipinski definition) is 0. The van der Waals surface area contributed by atoms with Crippen LogP contribution in [0.25, 0.3) is 0 Å². The summed E-state index contributed by atoms with van der Waals surface area (Å²) >= 11 is 3.60. The molecule has 3 rings (SSSR count). The molecule has 0 radical (unpaired) electrons. The van der Waals surface area contributed by atoms with Crippen LogP contribution in [0.2, 0.25) is 0 Å². The van der Waals surface area contributed by atoms with Crippen molar-refractivity contribution < 1.29 is 19.0 Å². The van der Waals surface area contributed by atoms with Crippen molar-refractivity contribution in [3.05, 3.63) is 22.2 Å². The summed E-state index contributed by atoms with van der Waals surface area (Å²) in [6, 6.07) is 0. The molecule has 2 saturated carbocycles. The number of carbonyl (C=O) groups is 1. The number of carbonyl (C=O) groups excluding carboxylic acids is 1. The van der Waals surface area contributed by atoms with Crippen molar-refractivity contribution in [3.63, 3.8) is 0 Å². The first-order chi connectivity index (χ1) is 14.1. The highest BCUT2D eigenvalue weighted by atomic mass is 79.9. The first kappa shape index (κ1) is 23.2. The van der Waals surface area contributed by atoms with E-state index in [0.29, 0.717) is 24.9 Å². The van der Waals surface area contributed by atoms with Crippen LogP contribution in [0.15, 0.2) is 22.2 Å². The van der Waals surface area contributed by atoms with Crippen LogP contribution in [0.5, 0.6) is 0 Å². The Morgan fingerprint density at radius 3 is 2.86 bits per heavy atom. The Balaban J connectivity index is 1.69. The molecule has 3 fully saturated rings. The zero-order valence-corrected chi connectivity index (χ0v) is 19.6. The van der Waals surface area contributed by atoms with E-state index in [1.165, 1.54) is 12.0 Å². The number of halogens is 1. The lowest BCUT2D eigenvalue weighted by molar-refractivity contribution is -0.193. The van der Waals surface area contributed by atoms with Crippen molar-refractivity contribution in [3.8, 4) is 0 Å². The van der Waals surface area contributed by atoms with Gasteiger partial charge in [-0.1, -0.05) is 37.5 Å². The van der Waals surface area contributed by atoms with Gasteiger partial charge >= 0.3 is 0 Å². The number of fused-ring (bicyclic) bond motifs is 1. The van der Waals surface area contributed by atoms with Gasteiger partial charge in [0.1, 0.15) is 0 Å². The van der Waals surface area contributed by atoms with Gasteiger partial charge in [0.05, 0.1) is 17.2 Å². The van der Waals surface area contributed by atoms with Crippen molar-refractivity contribution >= 4 is 21.7 Å². The zero-order valence-electron chi connectivity index (χ0n) is 18.0. The standard InChI is InChI=1S/C24H37BrO4/c1-3-4-5-8-22(26)21(25)16-20-19-14-17(10-12-27-2)13-18(19)15-23(20)29-24-9-6-7-11-28-24/h10,16,18-20,23-24H,3-9,11-15H2,1-2H3/b17-10+,21-16-/t18-,19-,20+,23+,24?/m0/s1. The Hall–Kier alpha value is -0.490. The molecule has 29 heavy (non-hydrogen) atoms. The van der Waals surface area contributed by atoms with Crippen molar-refractivity contribution in [1.29, 1.82) is 0 Å². The molecule has 5 heteroatoms. The van der Waals surface area contributed by atoms with Crippen LogP contribution in [-0.2, 0) is 19.0 Å². The summed E-state index contributed by atoms with van der Waals surface area (Å²) in [5.74, 6) is 1.66. The maximum absolute atomic E-state index is 12.6. The molecule has 0 amide bonds. The second-order valence-electron chi connectivity index (χ2n) is 8.83. The normalized spacial score (nSPS) is 34.0. The van der Waals surface area contributed by atoms with Crippen molar-refractivity contribution in [1.82, 2.24) is 0 Å². The average molecular weight is 469 g/mol. The minimum absolute atomic E-state index is 0.0778. The molecule has 0 aromatic heterocycles. The van der Waals surface area contributed by atoms with Crippen LogP contribution in [0.4, 0.5) is 0 Å². The van der Waals surface area contributed by atoms with E-state index >= 15 is 0 Å². The molecular weight excluding hydrogens is 432 g/mol. The van der Waals surface area contributed by atoms with E-state index in [1.807, 2.05) is 0 Å². The van der Waals surface area contributed by atoms with Crippen molar-refractivity contribution in [2.45, 2.75) is 83.5 Å². The van der Waals surface area contributed by atoms with Gasteiger partial charge in [-0.25, -0.2) is 0 Å². The van der Waals surface area contributed by atoms with Gasteiger partial charge in [-0.3, -0.25) is 4.79 Å². The third kappa shape index (κ3) is 6.49. The summed E-state index contributed by atoms with van der Waals surface area (Å²) < 4.78 is 18.3. The Labute approximate surface area is 184 Å². The van der Waals surface area contributed by atoms with E-state index < -0.39 is 0 Å². The maximum Gasteiger partial charge on any atom is 0.169 e. The molecule has 5 atom stereocenters. The van der Waals surface area contributed by atoms with Gasteiger partial charge in [0.2, 0.25) is 0 Å². The topological polar surface area (TPSA) is 44.8 Å². The number of allylic oxidation sites excluding steroid dienone is 2. The molecule has 3 aliphatic rings. The van der Waals surface area contributed by atoms with Crippen molar-refractivity contribution in [2.75, 3.05) is 20.3 Å². The lowest BCUT2D eigenvalue weighted by atomic mass is 9.90. The fourth-order valence-corrected chi connectivity index (χ4v) is 5.66. The third-order valence-corrected chi connectivity index (χ3v) is 7.41. The molecule has 0 aromatic carbocycles. The second-order valence-corrected chi connectivity index (χ2v) is 9.68. The average Bonchev–Trinajstić information content (AvgIpc) is 3.25. The lowest BCUT2D eigenvalue weighted by Crippen LogP contribution is -2.31. The van der Waals surface area contributed by atoms with Crippen LogP contribution in [-0.4, -0.2) is 38.5 Å². The monoisotopic (exact) mass is 468 g/mol. The van der Waals surface area contributed by atoms with E-state index in [4.69, 9.17) is 14.2 Å². The third-order valence-electron chi connectivity index (χ3n) is 6.70. The minimum atomic E-state index is -0.0778. The first-order valence-electron chi connectivity index (χ1n) is 11.5. The van der Waals surface area contributed by atoms with E-state index in [1.54, 1.807) is 7.11 Å². The molecule has 0 spiro atoms. The molecule has 1 saturated heterocycles. The number of ether oxygens (including phenoxy) is 3. The predicted molar refractivity (Wildman–Crippen MR) is 119 cm³/mol. The van der Waals surface area contributed by atoms with Crippen LogP contribution >= 0.6 is 15.9 Å². The highest BCUT2D eigenvalue weighted by molar-refractivity contribution is 9.12. The Morgan fingerprint density at radius 1 is 1.28 bits per heavy atom. The van der Waals surface area contributed by atoms with Gasteiger partial charge in [-0.2, -0.15) is 0 Å². The Bertz CT molecular complexity index is 594. The molecule has 4 nitrogen and oxygen atoms in total. The SMILES string of the molecule is CCCCCC(=O)/C(Br)=C/[C@@H]1[C@H]2C/C(=C/COC)C[C@H]2C[C@H]1OC1CCCCO1. The number of rotatable bonds is 10. The van der Waals surface area contributed by atoms with Crippen molar-refractivity contribution in [2.24, 2.45) is 17.8 Å². The maximum atomic E-state index is 12.6. The molecule has 1 aliphatic heterocycles. The number of ketones is 1. The molecule has 1 heterocycles. The molecule has 2 aliphatic carbocycles. The van der Waals surface area contributed by atoms with Crippen LogP contribution < -0.4 is 0 Å². The number of methoxy groups -OCH3 is 1. The fourth-order valence-electron chi connectivity index (χ4n) is 5.16. The van der Waals surface area contributed by atoms with E-state index in [9.17, 15) is 4.79 Å². The smallest absolute Gasteiger partial charge is 0.169 e. The second kappa shape index (κ2) is 11.8. The number of unbranched alkanes of at least 4 members (excludes halogenated alkanes) is 2. The summed E-state index contributed by atoms with van der Waals surface area (Å²) in [4.78, 5) is 12.6. The summed E-state index contributed by atoms with van der Waals surface area (Å²) in [5, 5.41) is 0. The van der Waals surface area contributed by atoms with Gasteiger partial charge in [0, 0.05) is 26.1 Å². The van der Waals surface area contributed by atoms with Gasteiger partial charge in [0.15, 0.2) is 12.1 Å². The van der Waals surface area contributed by atoms with E-state index in [-0.39, 0.29) is 24.1 Å². The van der Waals surface area contributed by atoms with E-state index in [2.05, 4.69) is 35.0 Å². The van der Waals surface area contributed by atoms with E-state index in [0.717, 1.165) is 62.5 Å². The summed E-state index contributed by atoms with van der Waals surface area (Å²) in [5.41, 5.74) is 1.50. The lowest BCUT2D eigenvalue weighted by Gasteiger charge is -2.29. The summed E-state index contributed by atoms with van der Waals surface area (Å²) in [6.45, 7) is 3.65. The van der Waals surface area contributed by atoms with Crippen LogP contribution in [0.3, 0.4) is 0 Å². The summed E-state index contributed by atoms with van der Waals surface area (Å²) in [6.07, 6.45) is 14.9. The molecule has 0 aromatic rings. The molecule has 164 valence electrons. The quantitative estimate of drug-likeness (QED) is 0.226. The van der Waals surface area contributed by atoms with Crippen LogP contribution in [0, 0.1) is 17.8 Å². The molecular formula is C24H37BrO4. The van der Waals surface area contributed by atoms with Gasteiger partial charge in [0.25, 0.3) is 0 Å². The molecule has 0 N–H and O–H groups in total. The summed E-state index contributed by atoms with van der Waals surface area (Å²) in [7, 11) is 1.74. The van der Waals surface area contributed by atoms with Crippen LogP contribution in [0.1, 0.15) is 71.1 Å². The van der Waals surface area contributed by atoms with Gasteiger partial charge < -0.3 is 14.2 Å². The predicted octanol–water partition coefficient (Wildman–Crippen LogP) is 5.95. The number of hydrogen-bond acceptors (Lipinski definition) is 4. The molecule has 0 bridgehead atoms. The highest BCUT2D eigenvalue weighted by Crippen LogP contribution is 2.52. The van der Waals surface area contributed by atoms with Gasteiger partial charge in [-0.05, 0) is 72.7 Å². The Kier molecular flexibility index (Phi) is 9.42. The minimum Gasteiger partial charge on any atom is -0.381 e. The fraction of sp³-hybridized carbons (Fsp3) is 0.792. The zero-order chi connectivity index (χ0) is 20.6. The molecule has 1 unspecified atom stereocenters. The largest absolute Gasteiger partial charge is 0.381 e. The highest BCUT2D eigenvalue weighted by Gasteiger charge is 2.47.